The molecule has 0 bridgehead atoms. The van der Waals surface area contributed by atoms with Gasteiger partial charge in [0.15, 0.2) is 0 Å². The smallest absolute Gasteiger partial charge is 0.261 e. The number of hydrogen-bond donors (Lipinski definition) is 2. The molecule has 0 saturated heterocycles. The Bertz CT molecular complexity index is 534. The molecule has 2 heterocycles. The topological polar surface area (TPSA) is 49.3 Å². The van der Waals surface area contributed by atoms with Crippen molar-refractivity contribution < 1.29 is 9.90 Å². The summed E-state index contributed by atoms with van der Waals surface area (Å²) in [4.78, 5) is 13.3. The van der Waals surface area contributed by atoms with E-state index in [1.807, 2.05) is 22.9 Å². The molecule has 0 aliphatic rings. The lowest BCUT2D eigenvalue weighted by Gasteiger charge is -2.22. The molecule has 0 aliphatic heterocycles. The van der Waals surface area contributed by atoms with Crippen LogP contribution in [0.1, 0.15) is 21.5 Å². The van der Waals surface area contributed by atoms with E-state index in [-0.39, 0.29) is 12.5 Å². The highest BCUT2D eigenvalue weighted by Crippen LogP contribution is 2.25. The first-order chi connectivity index (χ1) is 8.49. The summed E-state index contributed by atoms with van der Waals surface area (Å²) in [5.41, 5.74) is -1.03. The number of halogens is 1. The first-order valence-corrected chi connectivity index (χ1v) is 7.83. The van der Waals surface area contributed by atoms with Crippen molar-refractivity contribution in [2.75, 3.05) is 6.54 Å². The van der Waals surface area contributed by atoms with Crippen LogP contribution in [0.2, 0.25) is 0 Å². The third-order valence-electron chi connectivity index (χ3n) is 2.44. The van der Waals surface area contributed by atoms with Crippen molar-refractivity contribution in [1.82, 2.24) is 5.32 Å². The highest BCUT2D eigenvalue weighted by Gasteiger charge is 2.25. The summed E-state index contributed by atoms with van der Waals surface area (Å²) in [6, 6.07) is 5.51. The molecule has 2 N–H and O–H groups in total. The summed E-state index contributed by atoms with van der Waals surface area (Å²) in [6.45, 7) is 1.89. The van der Waals surface area contributed by atoms with Gasteiger partial charge in [0.25, 0.3) is 5.91 Å². The molecule has 1 amide bonds. The highest BCUT2D eigenvalue weighted by molar-refractivity contribution is 9.10. The Morgan fingerprint density at radius 1 is 1.56 bits per heavy atom. The van der Waals surface area contributed by atoms with Crippen LogP contribution in [0.25, 0.3) is 0 Å². The number of aliphatic hydroxyl groups is 1. The van der Waals surface area contributed by atoms with Gasteiger partial charge in [0.2, 0.25) is 0 Å². The Kier molecular flexibility index (Phi) is 4.21. The molecule has 0 radical (unpaired) electrons. The van der Waals surface area contributed by atoms with Crippen LogP contribution in [0.15, 0.2) is 33.4 Å². The van der Waals surface area contributed by atoms with Gasteiger partial charge >= 0.3 is 0 Å². The molecule has 0 spiro atoms. The average Bonchev–Trinajstić information content (AvgIpc) is 2.96. The second-order valence-electron chi connectivity index (χ2n) is 4.06. The third-order valence-corrected chi connectivity index (χ3v) is 5.25. The quantitative estimate of drug-likeness (QED) is 0.893. The first-order valence-electron chi connectivity index (χ1n) is 5.27. The fourth-order valence-electron chi connectivity index (χ4n) is 1.44. The van der Waals surface area contributed by atoms with E-state index in [2.05, 4.69) is 21.2 Å². The highest BCUT2D eigenvalue weighted by atomic mass is 79.9. The maximum Gasteiger partial charge on any atom is 0.261 e. The monoisotopic (exact) mass is 345 g/mol. The van der Waals surface area contributed by atoms with Crippen molar-refractivity contribution in [3.63, 3.8) is 0 Å². The molecule has 0 aromatic carbocycles. The van der Waals surface area contributed by atoms with Crippen LogP contribution in [0.4, 0.5) is 0 Å². The van der Waals surface area contributed by atoms with Gasteiger partial charge in [-0.15, -0.1) is 22.7 Å². The van der Waals surface area contributed by atoms with Crippen molar-refractivity contribution in [3.05, 3.63) is 43.2 Å². The van der Waals surface area contributed by atoms with E-state index in [1.54, 1.807) is 13.0 Å². The Morgan fingerprint density at radius 2 is 2.33 bits per heavy atom. The molecular weight excluding hydrogens is 334 g/mol. The molecule has 0 aliphatic carbocycles. The normalized spacial score (nSPS) is 14.2. The molecule has 6 heteroatoms. The standard InChI is InChI=1S/C12H12BrNO2S2/c1-12(16,10-3-2-4-17-10)7-14-11(15)9-5-8(13)6-18-9/h2-6,16H,7H2,1H3,(H,14,15)/t12-/m1/s1. The fraction of sp³-hybridized carbons (Fsp3) is 0.250. The van der Waals surface area contributed by atoms with Crippen LogP contribution in [-0.4, -0.2) is 17.6 Å². The van der Waals surface area contributed by atoms with Crippen LogP contribution < -0.4 is 5.32 Å². The van der Waals surface area contributed by atoms with Crippen molar-refractivity contribution in [2.24, 2.45) is 0 Å². The van der Waals surface area contributed by atoms with Gasteiger partial charge in [-0.2, -0.15) is 0 Å². The Hall–Kier alpha value is -0.690. The summed E-state index contributed by atoms with van der Waals surface area (Å²) in [5, 5.41) is 16.8. The molecule has 3 nitrogen and oxygen atoms in total. The maximum atomic E-state index is 11.8. The molecule has 2 aromatic heterocycles. The van der Waals surface area contributed by atoms with E-state index in [0.29, 0.717) is 4.88 Å². The van der Waals surface area contributed by atoms with E-state index in [4.69, 9.17) is 0 Å². The Balaban J connectivity index is 1.98. The average molecular weight is 346 g/mol. The summed E-state index contributed by atoms with van der Waals surface area (Å²) in [7, 11) is 0. The van der Waals surface area contributed by atoms with Crippen LogP contribution in [-0.2, 0) is 5.60 Å². The number of carbonyl (C=O) groups excluding carboxylic acids is 1. The minimum absolute atomic E-state index is 0.164. The van der Waals surface area contributed by atoms with Gasteiger partial charge < -0.3 is 10.4 Å². The van der Waals surface area contributed by atoms with Gasteiger partial charge in [-0.3, -0.25) is 4.79 Å². The van der Waals surface area contributed by atoms with E-state index in [1.165, 1.54) is 22.7 Å². The van der Waals surface area contributed by atoms with Gasteiger partial charge in [-0.1, -0.05) is 6.07 Å². The van der Waals surface area contributed by atoms with Crippen LogP contribution >= 0.6 is 38.6 Å². The summed E-state index contributed by atoms with van der Waals surface area (Å²) in [6.07, 6.45) is 0. The number of amides is 1. The third kappa shape index (κ3) is 3.20. The van der Waals surface area contributed by atoms with Gasteiger partial charge in [0, 0.05) is 14.7 Å². The molecule has 2 rings (SSSR count). The Labute approximate surface area is 122 Å². The molecule has 0 saturated carbocycles. The molecule has 2 aromatic rings. The van der Waals surface area contributed by atoms with E-state index >= 15 is 0 Å². The summed E-state index contributed by atoms with van der Waals surface area (Å²) >= 11 is 6.15. The van der Waals surface area contributed by atoms with Crippen LogP contribution in [0.5, 0.6) is 0 Å². The zero-order valence-electron chi connectivity index (χ0n) is 9.64. The molecule has 0 unspecified atom stereocenters. The summed E-state index contributed by atoms with van der Waals surface area (Å²) in [5.74, 6) is -0.164. The van der Waals surface area contributed by atoms with Crippen molar-refractivity contribution in [3.8, 4) is 0 Å². The largest absolute Gasteiger partial charge is 0.383 e. The zero-order chi connectivity index (χ0) is 13.2. The molecule has 1 atom stereocenters. The first kappa shape index (κ1) is 13.7. The molecule has 96 valence electrons. The van der Waals surface area contributed by atoms with E-state index < -0.39 is 5.60 Å². The van der Waals surface area contributed by atoms with Crippen molar-refractivity contribution in [1.29, 1.82) is 0 Å². The Morgan fingerprint density at radius 3 is 2.89 bits per heavy atom. The van der Waals surface area contributed by atoms with Crippen molar-refractivity contribution >= 4 is 44.5 Å². The fourth-order valence-corrected chi connectivity index (χ4v) is 3.57. The number of carbonyl (C=O) groups is 1. The van der Waals surface area contributed by atoms with Crippen LogP contribution in [0, 0.1) is 0 Å². The molecular formula is C12H12BrNO2S2. The predicted octanol–water partition coefficient (Wildman–Crippen LogP) is 3.21. The second kappa shape index (κ2) is 5.52. The zero-order valence-corrected chi connectivity index (χ0v) is 12.9. The summed E-state index contributed by atoms with van der Waals surface area (Å²) < 4.78 is 0.891. The second-order valence-corrected chi connectivity index (χ2v) is 6.84. The SMILES string of the molecule is C[C@@](O)(CNC(=O)c1cc(Br)cs1)c1cccs1. The lowest BCUT2D eigenvalue weighted by atomic mass is 10.1. The number of thiophene rings is 2. The molecule has 0 fully saturated rings. The minimum Gasteiger partial charge on any atom is -0.383 e. The lowest BCUT2D eigenvalue weighted by molar-refractivity contribution is 0.0558. The number of hydrogen-bond acceptors (Lipinski definition) is 4. The number of nitrogens with one attached hydrogen (secondary N) is 1. The van der Waals surface area contributed by atoms with E-state index in [0.717, 1.165) is 9.35 Å². The van der Waals surface area contributed by atoms with Gasteiger partial charge in [0.1, 0.15) is 5.60 Å². The number of rotatable bonds is 4. The minimum atomic E-state index is -1.03. The lowest BCUT2D eigenvalue weighted by Crippen LogP contribution is -2.37. The van der Waals surface area contributed by atoms with Crippen LogP contribution in [0.3, 0.4) is 0 Å². The van der Waals surface area contributed by atoms with Gasteiger partial charge in [-0.25, -0.2) is 0 Å². The van der Waals surface area contributed by atoms with Crippen molar-refractivity contribution in [2.45, 2.75) is 12.5 Å². The molecule has 18 heavy (non-hydrogen) atoms. The van der Waals surface area contributed by atoms with Gasteiger partial charge in [-0.05, 0) is 40.4 Å². The predicted molar refractivity (Wildman–Crippen MR) is 78.2 cm³/mol. The van der Waals surface area contributed by atoms with Gasteiger partial charge in [0.05, 0.1) is 11.4 Å². The maximum absolute atomic E-state index is 11.8. The van der Waals surface area contributed by atoms with E-state index in [9.17, 15) is 9.90 Å².